The SMILES string of the molecule is CCC1CCCN1c1ccc(Cl)cc1CCl. The molecule has 1 aliphatic heterocycles. The van der Waals surface area contributed by atoms with Crippen molar-refractivity contribution >= 4 is 28.9 Å². The average Bonchev–Trinajstić information content (AvgIpc) is 2.76. The standard InChI is InChI=1S/C13H17Cl2N/c1-2-12-4-3-7-16(12)13-6-5-11(15)8-10(13)9-14/h5-6,8,12H,2-4,7,9H2,1H3. The van der Waals surface area contributed by atoms with Crippen molar-refractivity contribution in [3.63, 3.8) is 0 Å². The molecule has 0 radical (unpaired) electrons. The van der Waals surface area contributed by atoms with Gasteiger partial charge in [-0.25, -0.2) is 0 Å². The predicted octanol–water partition coefficient (Wildman–Crippen LogP) is 4.46. The van der Waals surface area contributed by atoms with E-state index in [0.29, 0.717) is 11.9 Å². The van der Waals surface area contributed by atoms with E-state index in [1.165, 1.54) is 24.9 Å². The van der Waals surface area contributed by atoms with E-state index in [1.54, 1.807) is 0 Å². The molecule has 1 saturated heterocycles. The lowest BCUT2D eigenvalue weighted by atomic mass is 10.1. The maximum Gasteiger partial charge on any atom is 0.0495 e. The lowest BCUT2D eigenvalue weighted by Crippen LogP contribution is -2.29. The Morgan fingerprint density at radius 2 is 2.25 bits per heavy atom. The van der Waals surface area contributed by atoms with Gasteiger partial charge in [-0.1, -0.05) is 18.5 Å². The summed E-state index contributed by atoms with van der Waals surface area (Å²) < 4.78 is 0. The normalized spacial score (nSPS) is 20.4. The monoisotopic (exact) mass is 257 g/mol. The topological polar surface area (TPSA) is 3.24 Å². The minimum Gasteiger partial charge on any atom is -0.368 e. The molecule has 2 rings (SSSR count). The molecule has 0 N–H and O–H groups in total. The fourth-order valence-corrected chi connectivity index (χ4v) is 2.93. The molecular weight excluding hydrogens is 241 g/mol. The molecule has 1 aromatic rings. The van der Waals surface area contributed by atoms with Crippen molar-refractivity contribution in [3.05, 3.63) is 28.8 Å². The predicted molar refractivity (Wildman–Crippen MR) is 71.7 cm³/mol. The van der Waals surface area contributed by atoms with Crippen LogP contribution in [0.15, 0.2) is 18.2 Å². The van der Waals surface area contributed by atoms with Gasteiger partial charge in [-0.2, -0.15) is 0 Å². The smallest absolute Gasteiger partial charge is 0.0495 e. The molecule has 0 bridgehead atoms. The highest BCUT2D eigenvalue weighted by atomic mass is 35.5. The Bertz CT molecular complexity index is 365. The Hall–Kier alpha value is -0.400. The number of hydrogen-bond acceptors (Lipinski definition) is 1. The maximum atomic E-state index is 6.00. The van der Waals surface area contributed by atoms with Gasteiger partial charge in [-0.05, 0) is 43.0 Å². The summed E-state index contributed by atoms with van der Waals surface area (Å²) in [6, 6.07) is 6.71. The number of alkyl halides is 1. The van der Waals surface area contributed by atoms with Crippen molar-refractivity contribution in [1.82, 2.24) is 0 Å². The number of rotatable bonds is 3. The molecule has 1 aromatic carbocycles. The van der Waals surface area contributed by atoms with Gasteiger partial charge < -0.3 is 4.90 Å². The maximum absolute atomic E-state index is 6.00. The minimum atomic E-state index is 0.531. The zero-order valence-corrected chi connectivity index (χ0v) is 11.1. The molecule has 16 heavy (non-hydrogen) atoms. The number of halogens is 2. The van der Waals surface area contributed by atoms with Crippen molar-refractivity contribution in [2.75, 3.05) is 11.4 Å². The average molecular weight is 258 g/mol. The van der Waals surface area contributed by atoms with Gasteiger partial charge in [0.1, 0.15) is 0 Å². The van der Waals surface area contributed by atoms with Crippen LogP contribution in [0.2, 0.25) is 5.02 Å². The second-order valence-electron chi connectivity index (χ2n) is 4.30. The lowest BCUT2D eigenvalue weighted by Gasteiger charge is -2.28. The molecule has 1 atom stereocenters. The third-order valence-electron chi connectivity index (χ3n) is 3.34. The summed E-state index contributed by atoms with van der Waals surface area (Å²) >= 11 is 12.0. The van der Waals surface area contributed by atoms with Crippen LogP contribution in [0.1, 0.15) is 31.7 Å². The molecule has 0 amide bonds. The van der Waals surface area contributed by atoms with Gasteiger partial charge in [-0.15, -0.1) is 11.6 Å². The van der Waals surface area contributed by atoms with Crippen LogP contribution in [-0.4, -0.2) is 12.6 Å². The largest absolute Gasteiger partial charge is 0.368 e. The summed E-state index contributed by atoms with van der Waals surface area (Å²) in [6.45, 7) is 3.39. The first-order chi connectivity index (χ1) is 7.76. The Morgan fingerprint density at radius 1 is 1.44 bits per heavy atom. The van der Waals surface area contributed by atoms with Gasteiger partial charge in [0.25, 0.3) is 0 Å². The van der Waals surface area contributed by atoms with Crippen LogP contribution in [0.5, 0.6) is 0 Å². The molecule has 0 aromatic heterocycles. The van der Waals surface area contributed by atoms with Crippen LogP contribution in [0.4, 0.5) is 5.69 Å². The summed E-state index contributed by atoms with van der Waals surface area (Å²) in [5.41, 5.74) is 2.42. The summed E-state index contributed by atoms with van der Waals surface area (Å²) in [4.78, 5) is 2.48. The molecule has 88 valence electrons. The molecule has 1 fully saturated rings. The number of hydrogen-bond donors (Lipinski definition) is 0. The van der Waals surface area contributed by atoms with E-state index in [4.69, 9.17) is 23.2 Å². The van der Waals surface area contributed by atoms with Crippen molar-refractivity contribution in [3.8, 4) is 0 Å². The number of anilines is 1. The Morgan fingerprint density at radius 3 is 2.94 bits per heavy atom. The fourth-order valence-electron chi connectivity index (χ4n) is 2.52. The number of benzene rings is 1. The van der Waals surface area contributed by atoms with Crippen molar-refractivity contribution in [2.45, 2.75) is 38.1 Å². The van der Waals surface area contributed by atoms with Crippen molar-refractivity contribution in [1.29, 1.82) is 0 Å². The van der Waals surface area contributed by atoms with E-state index in [0.717, 1.165) is 17.1 Å². The summed E-state index contributed by atoms with van der Waals surface area (Å²) in [6.07, 6.45) is 3.77. The zero-order chi connectivity index (χ0) is 11.5. The second-order valence-corrected chi connectivity index (χ2v) is 5.01. The third kappa shape index (κ3) is 2.31. The first-order valence-corrected chi connectivity index (χ1v) is 6.78. The van der Waals surface area contributed by atoms with Gasteiger partial charge in [-0.3, -0.25) is 0 Å². The Balaban J connectivity index is 2.31. The highest BCUT2D eigenvalue weighted by Gasteiger charge is 2.24. The van der Waals surface area contributed by atoms with E-state index in [2.05, 4.69) is 17.9 Å². The molecule has 1 aliphatic rings. The van der Waals surface area contributed by atoms with Crippen LogP contribution in [0.3, 0.4) is 0 Å². The first kappa shape index (κ1) is 12.1. The van der Waals surface area contributed by atoms with Crippen molar-refractivity contribution in [2.24, 2.45) is 0 Å². The summed E-state index contributed by atoms with van der Waals surface area (Å²) in [7, 11) is 0. The summed E-state index contributed by atoms with van der Waals surface area (Å²) in [5, 5.41) is 0.770. The fraction of sp³-hybridized carbons (Fsp3) is 0.538. The van der Waals surface area contributed by atoms with Crippen LogP contribution >= 0.6 is 23.2 Å². The zero-order valence-electron chi connectivity index (χ0n) is 9.55. The molecule has 1 nitrogen and oxygen atoms in total. The van der Waals surface area contributed by atoms with Crippen molar-refractivity contribution < 1.29 is 0 Å². The Labute approximate surface area is 107 Å². The van der Waals surface area contributed by atoms with E-state index in [9.17, 15) is 0 Å². The van der Waals surface area contributed by atoms with Gasteiger partial charge in [0.05, 0.1) is 0 Å². The molecule has 1 unspecified atom stereocenters. The highest BCUT2D eigenvalue weighted by molar-refractivity contribution is 6.30. The van der Waals surface area contributed by atoms with Crippen LogP contribution in [-0.2, 0) is 5.88 Å². The van der Waals surface area contributed by atoms with Gasteiger partial charge in [0.15, 0.2) is 0 Å². The molecular formula is C13H17Cl2N. The minimum absolute atomic E-state index is 0.531. The van der Waals surface area contributed by atoms with E-state index < -0.39 is 0 Å². The lowest BCUT2D eigenvalue weighted by molar-refractivity contribution is 0.644. The molecule has 0 aliphatic carbocycles. The van der Waals surface area contributed by atoms with Crippen LogP contribution in [0, 0.1) is 0 Å². The quantitative estimate of drug-likeness (QED) is 0.723. The van der Waals surface area contributed by atoms with Gasteiger partial charge >= 0.3 is 0 Å². The molecule has 1 heterocycles. The molecule has 0 saturated carbocycles. The van der Waals surface area contributed by atoms with E-state index >= 15 is 0 Å². The van der Waals surface area contributed by atoms with E-state index in [1.807, 2.05) is 12.1 Å². The first-order valence-electron chi connectivity index (χ1n) is 5.87. The highest BCUT2D eigenvalue weighted by Crippen LogP contribution is 2.32. The Kier molecular flexibility index (Phi) is 3.99. The van der Waals surface area contributed by atoms with E-state index in [-0.39, 0.29) is 0 Å². The molecule has 0 spiro atoms. The number of nitrogens with zero attached hydrogens (tertiary/aromatic N) is 1. The van der Waals surface area contributed by atoms with Crippen LogP contribution in [0.25, 0.3) is 0 Å². The summed E-state index contributed by atoms with van der Waals surface area (Å²) in [5.74, 6) is 0.531. The second kappa shape index (κ2) is 5.29. The van der Waals surface area contributed by atoms with Gasteiger partial charge in [0, 0.05) is 29.2 Å². The molecule has 3 heteroatoms. The van der Waals surface area contributed by atoms with Crippen LogP contribution < -0.4 is 4.90 Å². The van der Waals surface area contributed by atoms with Gasteiger partial charge in [0.2, 0.25) is 0 Å². The third-order valence-corrected chi connectivity index (χ3v) is 3.87.